The van der Waals surface area contributed by atoms with E-state index in [0.29, 0.717) is 18.8 Å². The summed E-state index contributed by atoms with van der Waals surface area (Å²) >= 11 is 0. The second kappa shape index (κ2) is 6.22. The topological polar surface area (TPSA) is 65.4 Å². The summed E-state index contributed by atoms with van der Waals surface area (Å²) in [7, 11) is 0. The van der Waals surface area contributed by atoms with Gasteiger partial charge in [-0.3, -0.25) is 0 Å². The molecule has 6 heteroatoms. The van der Waals surface area contributed by atoms with Gasteiger partial charge in [0, 0.05) is 13.1 Å². The number of anilines is 1. The molecule has 118 valence electrons. The van der Waals surface area contributed by atoms with Crippen molar-refractivity contribution in [3.8, 4) is 6.07 Å². The number of rotatable bonds is 2. The van der Waals surface area contributed by atoms with Gasteiger partial charge in [-0.05, 0) is 39.3 Å². The van der Waals surface area contributed by atoms with Crippen molar-refractivity contribution in [2.45, 2.75) is 38.8 Å². The van der Waals surface area contributed by atoms with Gasteiger partial charge in [-0.25, -0.2) is 9.18 Å². The number of amides is 1. The Bertz CT molecular complexity index is 604. The third-order valence-electron chi connectivity index (χ3n) is 3.35. The molecule has 1 aromatic rings. The molecule has 0 spiro atoms. The Kier molecular flexibility index (Phi) is 4.55. The summed E-state index contributed by atoms with van der Waals surface area (Å²) in [6.07, 6.45) is 0.264. The first-order valence-corrected chi connectivity index (χ1v) is 7.23. The third-order valence-corrected chi connectivity index (χ3v) is 3.35. The molecular formula is C16H20FN3O2. The zero-order chi connectivity index (χ0) is 16.3. The molecule has 1 aliphatic rings. The highest BCUT2D eigenvalue weighted by atomic mass is 19.1. The Hall–Kier alpha value is -2.29. The number of nitrogens with zero attached hydrogens (tertiary/aromatic N) is 2. The van der Waals surface area contributed by atoms with Gasteiger partial charge in [0.05, 0.1) is 11.7 Å². The summed E-state index contributed by atoms with van der Waals surface area (Å²) < 4.78 is 18.9. The summed E-state index contributed by atoms with van der Waals surface area (Å²) in [5, 5.41) is 11.9. The van der Waals surface area contributed by atoms with Crippen LogP contribution in [0.15, 0.2) is 18.2 Å². The molecule has 0 unspecified atom stereocenters. The van der Waals surface area contributed by atoms with Crippen LogP contribution in [0, 0.1) is 17.1 Å². The number of alkyl carbamates (subject to hydrolysis) is 1. The molecule has 2 rings (SSSR count). The molecule has 1 amide bonds. The minimum absolute atomic E-state index is 0.0421. The molecule has 0 aliphatic carbocycles. The second-order valence-corrected chi connectivity index (χ2v) is 6.32. The lowest BCUT2D eigenvalue weighted by Gasteiger charge is -2.23. The first-order valence-electron chi connectivity index (χ1n) is 7.23. The largest absolute Gasteiger partial charge is 0.444 e. The maximum Gasteiger partial charge on any atom is 0.407 e. The van der Waals surface area contributed by atoms with Gasteiger partial charge in [0.25, 0.3) is 0 Å². The van der Waals surface area contributed by atoms with E-state index in [2.05, 4.69) is 5.32 Å². The van der Waals surface area contributed by atoms with Gasteiger partial charge in [-0.15, -0.1) is 0 Å². The molecule has 0 aromatic heterocycles. The van der Waals surface area contributed by atoms with Crippen LogP contribution < -0.4 is 10.2 Å². The van der Waals surface area contributed by atoms with E-state index in [9.17, 15) is 9.18 Å². The lowest BCUT2D eigenvalue weighted by molar-refractivity contribution is 0.0509. The molecule has 1 aliphatic heterocycles. The van der Waals surface area contributed by atoms with Crippen LogP contribution in [-0.4, -0.2) is 30.8 Å². The first kappa shape index (κ1) is 16.1. The van der Waals surface area contributed by atoms with E-state index in [1.165, 1.54) is 6.07 Å². The highest BCUT2D eigenvalue weighted by molar-refractivity contribution is 5.68. The monoisotopic (exact) mass is 305 g/mol. The lowest BCUT2D eigenvalue weighted by atomic mass is 10.1. The summed E-state index contributed by atoms with van der Waals surface area (Å²) in [5.74, 6) is -0.524. The van der Waals surface area contributed by atoms with Crippen LogP contribution in [0.4, 0.5) is 14.9 Å². The van der Waals surface area contributed by atoms with Crippen molar-refractivity contribution in [3.63, 3.8) is 0 Å². The number of hydrogen-bond donors (Lipinski definition) is 1. The zero-order valence-corrected chi connectivity index (χ0v) is 13.0. The average Bonchev–Trinajstić information content (AvgIpc) is 2.84. The van der Waals surface area contributed by atoms with Crippen molar-refractivity contribution in [2.75, 3.05) is 18.0 Å². The highest BCUT2D eigenvalue weighted by Crippen LogP contribution is 2.26. The van der Waals surface area contributed by atoms with Crippen LogP contribution in [0.5, 0.6) is 0 Å². The first-order chi connectivity index (χ1) is 10.3. The van der Waals surface area contributed by atoms with E-state index in [1.54, 1.807) is 32.9 Å². The maximum atomic E-state index is 13.7. The van der Waals surface area contributed by atoms with Crippen LogP contribution >= 0.6 is 0 Å². The standard InChI is InChI=1S/C16H20FN3O2/c1-16(2,3)22-15(21)19-11-7-8-20(10-11)14-6-4-5-13(17)12(14)9-18/h4-6,11H,7-8,10H2,1-3H3,(H,19,21)/t11-/m0/s1. The lowest BCUT2D eigenvalue weighted by Crippen LogP contribution is -2.40. The molecule has 0 saturated carbocycles. The Balaban J connectivity index is 2.01. The van der Waals surface area contributed by atoms with Crippen LogP contribution in [0.2, 0.25) is 0 Å². The Labute approximate surface area is 129 Å². The summed E-state index contributed by atoms with van der Waals surface area (Å²) in [6, 6.07) is 6.40. The van der Waals surface area contributed by atoms with Crippen LogP contribution in [-0.2, 0) is 4.74 Å². The van der Waals surface area contributed by atoms with Crippen LogP contribution in [0.25, 0.3) is 0 Å². The molecule has 1 saturated heterocycles. The van der Waals surface area contributed by atoms with Gasteiger partial charge in [0.2, 0.25) is 0 Å². The normalized spacial score (nSPS) is 18.0. The summed E-state index contributed by atoms with van der Waals surface area (Å²) in [6.45, 7) is 6.59. The van der Waals surface area contributed by atoms with Crippen molar-refractivity contribution in [1.29, 1.82) is 5.26 Å². The molecule has 1 N–H and O–H groups in total. The van der Waals surface area contributed by atoms with Crippen molar-refractivity contribution < 1.29 is 13.9 Å². The number of carbonyl (C=O) groups is 1. The Morgan fingerprint density at radius 2 is 2.23 bits per heavy atom. The fourth-order valence-corrected chi connectivity index (χ4v) is 2.46. The number of ether oxygens (including phenoxy) is 1. The zero-order valence-electron chi connectivity index (χ0n) is 13.0. The van der Waals surface area contributed by atoms with Crippen LogP contribution in [0.3, 0.4) is 0 Å². The molecular weight excluding hydrogens is 285 g/mol. The molecule has 22 heavy (non-hydrogen) atoms. The molecule has 1 aromatic carbocycles. The van der Waals surface area contributed by atoms with E-state index in [1.807, 2.05) is 11.0 Å². The van der Waals surface area contributed by atoms with Crippen molar-refractivity contribution in [1.82, 2.24) is 5.32 Å². The van der Waals surface area contributed by atoms with Crippen molar-refractivity contribution in [2.24, 2.45) is 0 Å². The Morgan fingerprint density at radius 1 is 1.50 bits per heavy atom. The van der Waals surface area contributed by atoms with E-state index in [-0.39, 0.29) is 11.6 Å². The van der Waals surface area contributed by atoms with Gasteiger partial charge < -0.3 is 15.0 Å². The maximum absolute atomic E-state index is 13.7. The molecule has 1 fully saturated rings. The molecule has 0 radical (unpaired) electrons. The molecule has 1 atom stereocenters. The minimum Gasteiger partial charge on any atom is -0.444 e. The molecule has 5 nitrogen and oxygen atoms in total. The predicted molar refractivity (Wildman–Crippen MR) is 81.1 cm³/mol. The average molecular weight is 305 g/mol. The number of hydrogen-bond acceptors (Lipinski definition) is 4. The van der Waals surface area contributed by atoms with Gasteiger partial charge in [0.15, 0.2) is 0 Å². The van der Waals surface area contributed by atoms with Crippen molar-refractivity contribution in [3.05, 3.63) is 29.6 Å². The van der Waals surface area contributed by atoms with Gasteiger partial charge in [0.1, 0.15) is 23.1 Å². The summed E-state index contributed by atoms with van der Waals surface area (Å²) in [4.78, 5) is 13.7. The minimum atomic E-state index is -0.543. The van der Waals surface area contributed by atoms with E-state index < -0.39 is 17.5 Å². The number of nitrogens with one attached hydrogen (secondary N) is 1. The van der Waals surface area contributed by atoms with E-state index in [4.69, 9.17) is 10.00 Å². The SMILES string of the molecule is CC(C)(C)OC(=O)N[C@H]1CCN(c2cccc(F)c2C#N)C1. The summed E-state index contributed by atoms with van der Waals surface area (Å²) in [5.41, 5.74) is 0.0650. The fraction of sp³-hybridized carbons (Fsp3) is 0.500. The number of nitriles is 1. The third kappa shape index (κ3) is 3.88. The quantitative estimate of drug-likeness (QED) is 0.912. The Morgan fingerprint density at radius 3 is 2.86 bits per heavy atom. The van der Waals surface area contributed by atoms with Gasteiger partial charge >= 0.3 is 6.09 Å². The number of halogens is 1. The van der Waals surface area contributed by atoms with Gasteiger partial charge in [-0.2, -0.15) is 5.26 Å². The number of carbonyl (C=O) groups excluding carboxylic acids is 1. The second-order valence-electron chi connectivity index (χ2n) is 6.32. The molecule has 0 bridgehead atoms. The smallest absolute Gasteiger partial charge is 0.407 e. The highest BCUT2D eigenvalue weighted by Gasteiger charge is 2.27. The molecule has 1 heterocycles. The van der Waals surface area contributed by atoms with Crippen LogP contribution in [0.1, 0.15) is 32.8 Å². The predicted octanol–water partition coefficient (Wildman–Crippen LogP) is 2.80. The fourth-order valence-electron chi connectivity index (χ4n) is 2.46. The van der Waals surface area contributed by atoms with Crippen molar-refractivity contribution >= 4 is 11.8 Å². The van der Waals surface area contributed by atoms with E-state index >= 15 is 0 Å². The number of benzene rings is 1. The van der Waals surface area contributed by atoms with Gasteiger partial charge in [-0.1, -0.05) is 6.07 Å². The van der Waals surface area contributed by atoms with E-state index in [0.717, 1.165) is 6.42 Å².